The lowest BCUT2D eigenvalue weighted by atomic mass is 10.1. The van der Waals surface area contributed by atoms with E-state index in [2.05, 4.69) is 37.8 Å². The Morgan fingerprint density at radius 2 is 2.26 bits per heavy atom. The molecule has 0 aliphatic carbocycles. The molecule has 0 aliphatic rings. The third kappa shape index (κ3) is 3.08. The standard InChI is InChI=1S/C13H14BrN3OS/c1-3-8-6-15-5-4-9(8)12-16-10(7-18-2)11(14)13(19)17-12/h4-6H,3,7H2,1-2H3,(H,16,17,19). The molecule has 0 bridgehead atoms. The predicted octanol–water partition coefficient (Wildman–Crippen LogP) is 3.67. The Hall–Kier alpha value is -1.11. The summed E-state index contributed by atoms with van der Waals surface area (Å²) in [6.45, 7) is 2.54. The summed E-state index contributed by atoms with van der Waals surface area (Å²) in [5.41, 5.74) is 3.04. The molecule has 2 aromatic heterocycles. The van der Waals surface area contributed by atoms with Crippen LogP contribution in [0.3, 0.4) is 0 Å². The van der Waals surface area contributed by atoms with Crippen LogP contribution in [0, 0.1) is 4.64 Å². The number of hydrogen-bond acceptors (Lipinski definition) is 4. The van der Waals surface area contributed by atoms with Crippen LogP contribution in [0.25, 0.3) is 11.4 Å². The first-order chi connectivity index (χ1) is 9.17. The molecule has 0 aliphatic heterocycles. The van der Waals surface area contributed by atoms with E-state index >= 15 is 0 Å². The number of nitrogens with zero attached hydrogens (tertiary/aromatic N) is 2. The fraction of sp³-hybridized carbons (Fsp3) is 0.308. The summed E-state index contributed by atoms with van der Waals surface area (Å²) in [5.74, 6) is 0.750. The van der Waals surface area contributed by atoms with E-state index in [1.807, 2.05) is 12.3 Å². The average molecular weight is 340 g/mol. The molecule has 0 saturated carbocycles. The van der Waals surface area contributed by atoms with Crippen LogP contribution in [0.2, 0.25) is 0 Å². The Morgan fingerprint density at radius 3 is 2.95 bits per heavy atom. The molecule has 2 rings (SSSR count). The molecule has 100 valence electrons. The van der Waals surface area contributed by atoms with Crippen molar-refractivity contribution in [2.75, 3.05) is 7.11 Å². The first-order valence-electron chi connectivity index (χ1n) is 5.88. The monoisotopic (exact) mass is 339 g/mol. The molecule has 4 nitrogen and oxygen atoms in total. The molecule has 0 saturated heterocycles. The summed E-state index contributed by atoms with van der Waals surface area (Å²) in [7, 11) is 1.65. The molecular weight excluding hydrogens is 326 g/mol. The Balaban J connectivity index is 2.59. The maximum atomic E-state index is 5.27. The zero-order chi connectivity index (χ0) is 13.8. The second kappa shape index (κ2) is 6.36. The fourth-order valence-electron chi connectivity index (χ4n) is 1.82. The Kier molecular flexibility index (Phi) is 4.79. The predicted molar refractivity (Wildman–Crippen MR) is 80.4 cm³/mol. The highest BCUT2D eigenvalue weighted by Crippen LogP contribution is 2.24. The molecular formula is C13H14BrN3OS. The maximum Gasteiger partial charge on any atom is 0.144 e. The molecule has 0 amide bonds. The second-order valence-electron chi connectivity index (χ2n) is 4.00. The third-order valence-electron chi connectivity index (χ3n) is 2.76. The first-order valence-corrected chi connectivity index (χ1v) is 7.08. The van der Waals surface area contributed by atoms with E-state index in [0.29, 0.717) is 11.2 Å². The lowest BCUT2D eigenvalue weighted by molar-refractivity contribution is 0.181. The maximum absolute atomic E-state index is 5.27. The van der Waals surface area contributed by atoms with Crippen LogP contribution in [0.15, 0.2) is 22.9 Å². The van der Waals surface area contributed by atoms with Gasteiger partial charge in [0, 0.05) is 25.1 Å². The summed E-state index contributed by atoms with van der Waals surface area (Å²) in [6.07, 6.45) is 4.50. The van der Waals surface area contributed by atoms with Crippen molar-refractivity contribution in [1.82, 2.24) is 15.0 Å². The molecule has 0 radical (unpaired) electrons. The largest absolute Gasteiger partial charge is 0.378 e. The SMILES string of the molecule is CCc1cnccc1-c1nc(=S)c(Br)c(COC)[nH]1. The zero-order valence-electron chi connectivity index (χ0n) is 10.7. The lowest BCUT2D eigenvalue weighted by Gasteiger charge is -2.10. The van der Waals surface area contributed by atoms with Gasteiger partial charge in [-0.1, -0.05) is 19.1 Å². The Bertz CT molecular complexity index is 642. The van der Waals surface area contributed by atoms with Gasteiger partial charge >= 0.3 is 0 Å². The van der Waals surface area contributed by atoms with E-state index in [4.69, 9.17) is 17.0 Å². The summed E-state index contributed by atoms with van der Waals surface area (Å²) < 4.78 is 6.47. The van der Waals surface area contributed by atoms with E-state index in [-0.39, 0.29) is 0 Å². The van der Waals surface area contributed by atoms with Crippen molar-refractivity contribution >= 4 is 28.1 Å². The molecule has 0 fully saturated rings. The van der Waals surface area contributed by atoms with Gasteiger partial charge in [-0.3, -0.25) is 4.98 Å². The van der Waals surface area contributed by atoms with E-state index in [1.165, 1.54) is 0 Å². The summed E-state index contributed by atoms with van der Waals surface area (Å²) in [6, 6.07) is 1.94. The summed E-state index contributed by atoms with van der Waals surface area (Å²) in [4.78, 5) is 11.8. The van der Waals surface area contributed by atoms with E-state index in [0.717, 1.165) is 33.5 Å². The highest BCUT2D eigenvalue weighted by atomic mass is 79.9. The minimum Gasteiger partial charge on any atom is -0.378 e. The number of aryl methyl sites for hydroxylation is 1. The molecule has 1 N–H and O–H groups in total. The number of pyridine rings is 1. The van der Waals surface area contributed by atoms with Gasteiger partial charge in [-0.25, -0.2) is 4.98 Å². The van der Waals surface area contributed by atoms with Gasteiger partial charge in [0.25, 0.3) is 0 Å². The number of methoxy groups -OCH3 is 1. The van der Waals surface area contributed by atoms with Gasteiger partial charge in [0.1, 0.15) is 10.5 Å². The number of hydrogen-bond donors (Lipinski definition) is 1. The Labute approximate surface area is 125 Å². The number of aromatic amines is 1. The molecule has 0 atom stereocenters. The molecule has 0 aromatic carbocycles. The second-order valence-corrected chi connectivity index (χ2v) is 5.18. The van der Waals surface area contributed by atoms with Crippen molar-refractivity contribution in [3.8, 4) is 11.4 Å². The van der Waals surface area contributed by atoms with Gasteiger partial charge in [-0.15, -0.1) is 0 Å². The fourth-order valence-corrected chi connectivity index (χ4v) is 2.33. The highest BCUT2D eigenvalue weighted by Gasteiger charge is 2.10. The first kappa shape index (κ1) is 14.3. The molecule has 2 aromatic rings. The van der Waals surface area contributed by atoms with Crippen LogP contribution in [0.5, 0.6) is 0 Å². The molecule has 2 heterocycles. The van der Waals surface area contributed by atoms with Crippen LogP contribution < -0.4 is 0 Å². The van der Waals surface area contributed by atoms with Crippen molar-refractivity contribution in [3.63, 3.8) is 0 Å². The van der Waals surface area contributed by atoms with Crippen LogP contribution in [-0.2, 0) is 17.8 Å². The highest BCUT2D eigenvalue weighted by molar-refractivity contribution is 9.10. The van der Waals surface area contributed by atoms with Crippen LogP contribution in [-0.4, -0.2) is 22.1 Å². The number of rotatable bonds is 4. The van der Waals surface area contributed by atoms with E-state index in [9.17, 15) is 0 Å². The summed E-state index contributed by atoms with van der Waals surface area (Å²) >= 11 is 8.71. The number of ether oxygens (including phenoxy) is 1. The van der Waals surface area contributed by atoms with Gasteiger partial charge in [0.05, 0.1) is 16.8 Å². The van der Waals surface area contributed by atoms with E-state index in [1.54, 1.807) is 13.3 Å². The molecule has 6 heteroatoms. The lowest BCUT2D eigenvalue weighted by Crippen LogP contribution is -2.01. The van der Waals surface area contributed by atoms with Crippen molar-refractivity contribution in [2.45, 2.75) is 20.0 Å². The van der Waals surface area contributed by atoms with E-state index < -0.39 is 0 Å². The molecule has 0 spiro atoms. The topological polar surface area (TPSA) is 50.8 Å². The minimum atomic E-state index is 0.451. The average Bonchev–Trinajstić information content (AvgIpc) is 2.43. The molecule has 0 unspecified atom stereocenters. The van der Waals surface area contributed by atoms with Crippen molar-refractivity contribution < 1.29 is 4.74 Å². The Morgan fingerprint density at radius 1 is 1.47 bits per heavy atom. The van der Waals surface area contributed by atoms with Gasteiger partial charge in [0.2, 0.25) is 0 Å². The van der Waals surface area contributed by atoms with Crippen molar-refractivity contribution in [2.24, 2.45) is 0 Å². The number of aromatic nitrogens is 3. The van der Waals surface area contributed by atoms with Crippen LogP contribution in [0.4, 0.5) is 0 Å². The summed E-state index contributed by atoms with van der Waals surface area (Å²) in [5, 5.41) is 0. The smallest absolute Gasteiger partial charge is 0.144 e. The van der Waals surface area contributed by atoms with Crippen LogP contribution >= 0.6 is 28.1 Å². The van der Waals surface area contributed by atoms with Gasteiger partial charge in [0.15, 0.2) is 0 Å². The van der Waals surface area contributed by atoms with Crippen LogP contribution in [0.1, 0.15) is 18.2 Å². The van der Waals surface area contributed by atoms with Crippen molar-refractivity contribution in [3.05, 3.63) is 38.8 Å². The van der Waals surface area contributed by atoms with Gasteiger partial charge in [-0.05, 0) is 34.0 Å². The molecule has 19 heavy (non-hydrogen) atoms. The quantitative estimate of drug-likeness (QED) is 0.863. The van der Waals surface area contributed by atoms with Gasteiger partial charge in [-0.2, -0.15) is 0 Å². The number of halogens is 1. The number of H-pyrrole nitrogens is 1. The van der Waals surface area contributed by atoms with Gasteiger partial charge < -0.3 is 9.72 Å². The normalized spacial score (nSPS) is 10.7. The van der Waals surface area contributed by atoms with Crippen molar-refractivity contribution in [1.29, 1.82) is 0 Å². The zero-order valence-corrected chi connectivity index (χ0v) is 13.1. The minimum absolute atomic E-state index is 0.451. The third-order valence-corrected chi connectivity index (χ3v) is 4.18. The number of nitrogens with one attached hydrogen (secondary N) is 1.